The molecule has 0 fully saturated rings. The second kappa shape index (κ2) is 6.89. The van der Waals surface area contributed by atoms with Gasteiger partial charge in [0.05, 0.1) is 5.69 Å². The Balaban J connectivity index is 1.98. The molecule has 0 bridgehead atoms. The van der Waals surface area contributed by atoms with Gasteiger partial charge in [-0.05, 0) is 25.5 Å². The maximum Gasteiger partial charge on any atom is 0.207 e. The van der Waals surface area contributed by atoms with Crippen LogP contribution in [0.1, 0.15) is 13.3 Å². The molecule has 1 aromatic heterocycles. The van der Waals surface area contributed by atoms with Crippen LogP contribution in [-0.2, 0) is 11.3 Å². The molecule has 2 aromatic rings. The highest BCUT2D eigenvalue weighted by molar-refractivity contribution is 5.54. The molecular formula is C14H18FN3O. The van der Waals surface area contributed by atoms with Gasteiger partial charge in [0.15, 0.2) is 0 Å². The Kier molecular flexibility index (Phi) is 4.92. The molecule has 0 saturated heterocycles. The van der Waals surface area contributed by atoms with Crippen LogP contribution in [0.25, 0.3) is 0 Å². The Labute approximate surface area is 112 Å². The maximum atomic E-state index is 13.5. The second-order valence-electron chi connectivity index (χ2n) is 4.10. The summed E-state index contributed by atoms with van der Waals surface area (Å²) in [6, 6.07) is 6.56. The predicted molar refractivity (Wildman–Crippen MR) is 73.0 cm³/mol. The third-order valence-electron chi connectivity index (χ3n) is 2.73. The van der Waals surface area contributed by atoms with E-state index in [1.165, 1.54) is 6.07 Å². The number of imidazole rings is 1. The Bertz CT molecular complexity index is 513. The van der Waals surface area contributed by atoms with Crippen molar-refractivity contribution < 1.29 is 9.13 Å². The van der Waals surface area contributed by atoms with Crippen molar-refractivity contribution in [3.8, 4) is 0 Å². The van der Waals surface area contributed by atoms with E-state index in [2.05, 4.69) is 10.3 Å². The van der Waals surface area contributed by atoms with Crippen LogP contribution in [0.4, 0.5) is 16.0 Å². The molecule has 0 spiro atoms. The SMILES string of the molecule is CCOCCCn1ccnc1Nc1ccccc1F. The summed E-state index contributed by atoms with van der Waals surface area (Å²) in [4.78, 5) is 4.20. The minimum atomic E-state index is -0.286. The minimum absolute atomic E-state index is 0.286. The summed E-state index contributed by atoms with van der Waals surface area (Å²) in [6.45, 7) is 4.21. The van der Waals surface area contributed by atoms with Crippen molar-refractivity contribution in [2.45, 2.75) is 19.9 Å². The molecule has 0 atom stereocenters. The molecule has 5 heteroatoms. The number of nitrogens with one attached hydrogen (secondary N) is 1. The van der Waals surface area contributed by atoms with Gasteiger partial charge in [-0.15, -0.1) is 0 Å². The summed E-state index contributed by atoms with van der Waals surface area (Å²) in [5.41, 5.74) is 0.430. The van der Waals surface area contributed by atoms with Crippen LogP contribution in [0.5, 0.6) is 0 Å². The summed E-state index contributed by atoms with van der Waals surface area (Å²) in [5, 5.41) is 3.00. The van der Waals surface area contributed by atoms with Gasteiger partial charge in [-0.2, -0.15) is 0 Å². The number of anilines is 2. The third kappa shape index (κ3) is 3.79. The fourth-order valence-corrected chi connectivity index (χ4v) is 1.78. The molecule has 0 aliphatic rings. The molecule has 1 N–H and O–H groups in total. The Hall–Kier alpha value is -1.88. The average Bonchev–Trinajstić information content (AvgIpc) is 2.85. The van der Waals surface area contributed by atoms with Crippen molar-refractivity contribution in [2.75, 3.05) is 18.5 Å². The lowest BCUT2D eigenvalue weighted by Crippen LogP contribution is -2.06. The third-order valence-corrected chi connectivity index (χ3v) is 2.73. The van der Waals surface area contributed by atoms with Gasteiger partial charge in [-0.25, -0.2) is 9.37 Å². The number of para-hydroxylation sites is 1. The van der Waals surface area contributed by atoms with Crippen LogP contribution in [-0.4, -0.2) is 22.8 Å². The first-order chi connectivity index (χ1) is 9.31. The van der Waals surface area contributed by atoms with Gasteiger partial charge < -0.3 is 14.6 Å². The van der Waals surface area contributed by atoms with E-state index in [4.69, 9.17) is 4.74 Å². The van der Waals surface area contributed by atoms with E-state index in [1.807, 2.05) is 17.7 Å². The van der Waals surface area contributed by atoms with Gasteiger partial charge in [0, 0.05) is 32.2 Å². The smallest absolute Gasteiger partial charge is 0.207 e. The zero-order valence-electron chi connectivity index (χ0n) is 11.0. The molecule has 0 saturated carbocycles. The van der Waals surface area contributed by atoms with E-state index in [0.29, 0.717) is 18.2 Å². The molecule has 0 unspecified atom stereocenters. The number of aromatic nitrogens is 2. The number of aryl methyl sites for hydroxylation is 1. The van der Waals surface area contributed by atoms with E-state index in [-0.39, 0.29) is 5.82 Å². The highest BCUT2D eigenvalue weighted by Gasteiger charge is 2.06. The van der Waals surface area contributed by atoms with Crippen LogP contribution in [0, 0.1) is 5.82 Å². The number of benzene rings is 1. The van der Waals surface area contributed by atoms with Crippen molar-refractivity contribution in [1.29, 1.82) is 0 Å². The van der Waals surface area contributed by atoms with Crippen molar-refractivity contribution in [1.82, 2.24) is 9.55 Å². The predicted octanol–water partition coefficient (Wildman–Crippen LogP) is 3.19. The molecule has 19 heavy (non-hydrogen) atoms. The molecule has 1 aromatic carbocycles. The van der Waals surface area contributed by atoms with E-state index < -0.39 is 0 Å². The van der Waals surface area contributed by atoms with E-state index >= 15 is 0 Å². The molecule has 0 amide bonds. The quantitative estimate of drug-likeness (QED) is 0.780. The molecule has 102 valence electrons. The second-order valence-corrected chi connectivity index (χ2v) is 4.10. The van der Waals surface area contributed by atoms with Gasteiger partial charge in [0.25, 0.3) is 0 Å². The molecule has 4 nitrogen and oxygen atoms in total. The summed E-state index contributed by atoms with van der Waals surface area (Å²) in [5.74, 6) is 0.355. The number of rotatable bonds is 7. The topological polar surface area (TPSA) is 39.1 Å². The lowest BCUT2D eigenvalue weighted by molar-refractivity contribution is 0.142. The van der Waals surface area contributed by atoms with Crippen molar-refractivity contribution in [3.05, 3.63) is 42.5 Å². The number of nitrogens with zero attached hydrogens (tertiary/aromatic N) is 2. The Morgan fingerprint density at radius 3 is 3.00 bits per heavy atom. The average molecular weight is 263 g/mol. The largest absolute Gasteiger partial charge is 0.382 e. The van der Waals surface area contributed by atoms with Crippen molar-refractivity contribution in [3.63, 3.8) is 0 Å². The van der Waals surface area contributed by atoms with Crippen LogP contribution in [0.3, 0.4) is 0 Å². The first kappa shape index (κ1) is 13.5. The highest BCUT2D eigenvalue weighted by atomic mass is 19.1. The van der Waals surface area contributed by atoms with Crippen LogP contribution < -0.4 is 5.32 Å². The normalized spacial score (nSPS) is 10.6. The zero-order chi connectivity index (χ0) is 13.5. The Morgan fingerprint density at radius 1 is 1.37 bits per heavy atom. The van der Waals surface area contributed by atoms with Crippen molar-refractivity contribution >= 4 is 11.6 Å². The van der Waals surface area contributed by atoms with E-state index in [0.717, 1.165) is 19.6 Å². The van der Waals surface area contributed by atoms with Gasteiger partial charge in [0.2, 0.25) is 5.95 Å². The lowest BCUT2D eigenvalue weighted by Gasteiger charge is -2.10. The lowest BCUT2D eigenvalue weighted by atomic mass is 10.3. The standard InChI is InChI=1S/C14H18FN3O/c1-2-19-11-5-9-18-10-8-16-14(18)17-13-7-4-3-6-12(13)15/h3-4,6-8,10H,2,5,9,11H2,1H3,(H,16,17). The summed E-state index contributed by atoms with van der Waals surface area (Å²) >= 11 is 0. The first-order valence-corrected chi connectivity index (χ1v) is 6.41. The fourth-order valence-electron chi connectivity index (χ4n) is 1.78. The number of hydrogen-bond acceptors (Lipinski definition) is 3. The van der Waals surface area contributed by atoms with Gasteiger partial charge >= 0.3 is 0 Å². The van der Waals surface area contributed by atoms with Crippen LogP contribution in [0.15, 0.2) is 36.7 Å². The zero-order valence-corrected chi connectivity index (χ0v) is 11.0. The molecule has 0 aliphatic carbocycles. The van der Waals surface area contributed by atoms with Gasteiger partial charge in [-0.1, -0.05) is 12.1 Å². The number of hydrogen-bond donors (Lipinski definition) is 1. The van der Waals surface area contributed by atoms with Crippen molar-refractivity contribution in [2.24, 2.45) is 0 Å². The van der Waals surface area contributed by atoms with Gasteiger partial charge in [0.1, 0.15) is 5.82 Å². The molecule has 0 radical (unpaired) electrons. The number of halogens is 1. The monoisotopic (exact) mass is 263 g/mol. The number of ether oxygens (including phenoxy) is 1. The van der Waals surface area contributed by atoms with Crippen LogP contribution >= 0.6 is 0 Å². The molecular weight excluding hydrogens is 245 g/mol. The molecule has 2 rings (SSSR count). The Morgan fingerprint density at radius 2 is 2.21 bits per heavy atom. The van der Waals surface area contributed by atoms with E-state index in [1.54, 1.807) is 24.4 Å². The first-order valence-electron chi connectivity index (χ1n) is 6.41. The molecule has 0 aliphatic heterocycles. The highest BCUT2D eigenvalue weighted by Crippen LogP contribution is 2.18. The van der Waals surface area contributed by atoms with Crippen LogP contribution in [0.2, 0.25) is 0 Å². The minimum Gasteiger partial charge on any atom is -0.382 e. The fraction of sp³-hybridized carbons (Fsp3) is 0.357. The van der Waals surface area contributed by atoms with E-state index in [9.17, 15) is 4.39 Å². The summed E-state index contributed by atoms with van der Waals surface area (Å²) in [7, 11) is 0. The molecule has 1 heterocycles. The summed E-state index contributed by atoms with van der Waals surface area (Å²) < 4.78 is 20.8. The summed E-state index contributed by atoms with van der Waals surface area (Å²) in [6.07, 6.45) is 4.47. The van der Waals surface area contributed by atoms with Gasteiger partial charge in [-0.3, -0.25) is 0 Å². The maximum absolute atomic E-state index is 13.5.